The van der Waals surface area contributed by atoms with E-state index in [1.54, 1.807) is 19.4 Å². The molecular formula is C23H22ClFN6O. The van der Waals surface area contributed by atoms with Gasteiger partial charge in [-0.2, -0.15) is 0 Å². The highest BCUT2D eigenvalue weighted by molar-refractivity contribution is 6.31. The van der Waals surface area contributed by atoms with Crippen LogP contribution >= 0.6 is 11.6 Å². The first-order chi connectivity index (χ1) is 15.5. The average molecular weight is 453 g/mol. The number of H-pyrrole nitrogens is 1. The molecule has 4 aromatic heterocycles. The standard InChI is InChI=1S/C23H22ClFN6O/c1-26-23(32)18-11-2-4-12(5-3-11)19(18)31-10-17(25)16-9-29-21(30-22(16)31)15-8-28-20-14(15)6-13(24)7-27-20/h6-12,18-19H,2-5H2,1H3,(H,26,32)(H,27,28)/t11?,12?,18-,19-/m1/s1. The fourth-order valence-corrected chi connectivity index (χ4v) is 6.02. The summed E-state index contributed by atoms with van der Waals surface area (Å²) in [5.74, 6) is 0.577. The van der Waals surface area contributed by atoms with Gasteiger partial charge >= 0.3 is 0 Å². The molecule has 0 aliphatic heterocycles. The Bertz CT molecular complexity index is 1360. The maximum atomic E-state index is 15.0. The largest absolute Gasteiger partial charge is 0.359 e. The molecule has 2 atom stereocenters. The van der Waals surface area contributed by atoms with Gasteiger partial charge in [-0.25, -0.2) is 19.3 Å². The molecule has 3 saturated carbocycles. The van der Waals surface area contributed by atoms with Crippen molar-refractivity contribution in [3.05, 3.63) is 41.7 Å². The molecule has 0 saturated heterocycles. The van der Waals surface area contributed by atoms with Crippen molar-refractivity contribution in [3.8, 4) is 11.4 Å². The zero-order valence-electron chi connectivity index (χ0n) is 17.5. The molecule has 3 aliphatic rings. The summed E-state index contributed by atoms with van der Waals surface area (Å²) in [6, 6.07) is 1.70. The molecule has 164 valence electrons. The van der Waals surface area contributed by atoms with E-state index in [1.165, 1.54) is 12.4 Å². The molecule has 0 unspecified atom stereocenters. The second kappa shape index (κ2) is 7.27. The molecular weight excluding hydrogens is 431 g/mol. The Labute approximate surface area is 188 Å². The van der Waals surface area contributed by atoms with E-state index in [9.17, 15) is 9.18 Å². The first kappa shape index (κ1) is 19.7. The number of amides is 1. The van der Waals surface area contributed by atoms with Crippen LogP contribution in [-0.2, 0) is 4.79 Å². The summed E-state index contributed by atoms with van der Waals surface area (Å²) in [4.78, 5) is 29.5. The average Bonchev–Trinajstić information content (AvgIpc) is 3.39. The van der Waals surface area contributed by atoms with Crippen molar-refractivity contribution in [2.75, 3.05) is 7.05 Å². The summed E-state index contributed by atoms with van der Waals surface area (Å²) in [6.45, 7) is 0. The van der Waals surface area contributed by atoms with Gasteiger partial charge in [-0.05, 0) is 43.6 Å². The van der Waals surface area contributed by atoms with Crippen molar-refractivity contribution in [2.24, 2.45) is 17.8 Å². The number of carbonyl (C=O) groups excluding carboxylic acids is 1. The number of hydrogen-bond acceptors (Lipinski definition) is 4. The Morgan fingerprint density at radius 1 is 1.19 bits per heavy atom. The highest BCUT2D eigenvalue weighted by Crippen LogP contribution is 2.52. The van der Waals surface area contributed by atoms with E-state index in [2.05, 4.69) is 20.3 Å². The number of halogens is 2. The van der Waals surface area contributed by atoms with Crippen LogP contribution < -0.4 is 5.32 Å². The normalized spacial score (nSPS) is 25.0. The second-order valence-corrected chi connectivity index (χ2v) is 9.31. The van der Waals surface area contributed by atoms with Gasteiger partial charge in [-0.3, -0.25) is 4.79 Å². The Hall–Kier alpha value is -3.00. The van der Waals surface area contributed by atoms with Gasteiger partial charge in [0.15, 0.2) is 11.6 Å². The molecule has 0 radical (unpaired) electrons. The maximum Gasteiger partial charge on any atom is 0.225 e. The van der Waals surface area contributed by atoms with Crippen LogP contribution in [0.1, 0.15) is 31.7 Å². The Balaban J connectivity index is 1.52. The number of pyridine rings is 1. The van der Waals surface area contributed by atoms with Crippen molar-refractivity contribution in [1.82, 2.24) is 29.8 Å². The van der Waals surface area contributed by atoms with Crippen LogP contribution in [0.3, 0.4) is 0 Å². The van der Waals surface area contributed by atoms with Crippen molar-refractivity contribution < 1.29 is 9.18 Å². The lowest BCUT2D eigenvalue weighted by Gasteiger charge is -2.48. The quantitative estimate of drug-likeness (QED) is 0.479. The van der Waals surface area contributed by atoms with E-state index in [0.29, 0.717) is 39.4 Å². The van der Waals surface area contributed by atoms with Crippen LogP contribution in [-0.4, -0.2) is 37.5 Å². The van der Waals surface area contributed by atoms with Crippen molar-refractivity contribution in [1.29, 1.82) is 0 Å². The van der Waals surface area contributed by atoms with Crippen LogP contribution in [0.4, 0.5) is 4.39 Å². The minimum Gasteiger partial charge on any atom is -0.359 e. The monoisotopic (exact) mass is 452 g/mol. The summed E-state index contributed by atoms with van der Waals surface area (Å²) in [7, 11) is 1.67. The molecule has 4 heterocycles. The van der Waals surface area contributed by atoms with Crippen molar-refractivity contribution in [3.63, 3.8) is 0 Å². The number of rotatable bonds is 3. The van der Waals surface area contributed by atoms with Gasteiger partial charge in [-0.15, -0.1) is 0 Å². The zero-order valence-corrected chi connectivity index (χ0v) is 18.2. The number of nitrogens with one attached hydrogen (secondary N) is 2. The fraction of sp³-hybridized carbons (Fsp3) is 0.391. The predicted molar refractivity (Wildman–Crippen MR) is 120 cm³/mol. The number of hydrogen-bond donors (Lipinski definition) is 2. The van der Waals surface area contributed by atoms with E-state index < -0.39 is 0 Å². The van der Waals surface area contributed by atoms with Crippen LogP contribution in [0.2, 0.25) is 5.02 Å². The lowest BCUT2D eigenvalue weighted by atomic mass is 9.61. The number of aromatic nitrogens is 5. The first-order valence-electron chi connectivity index (χ1n) is 10.9. The minimum absolute atomic E-state index is 0.0262. The van der Waals surface area contributed by atoms with E-state index in [0.717, 1.165) is 36.6 Å². The number of aromatic amines is 1. The summed E-state index contributed by atoms with van der Waals surface area (Å²) < 4.78 is 16.9. The fourth-order valence-electron chi connectivity index (χ4n) is 5.86. The molecule has 7 nitrogen and oxygen atoms in total. The molecule has 4 aromatic rings. The highest BCUT2D eigenvalue weighted by atomic mass is 35.5. The third-order valence-corrected chi connectivity index (χ3v) is 7.51. The smallest absolute Gasteiger partial charge is 0.225 e. The highest BCUT2D eigenvalue weighted by Gasteiger charge is 2.48. The van der Waals surface area contributed by atoms with Crippen molar-refractivity contribution in [2.45, 2.75) is 31.7 Å². The lowest BCUT2D eigenvalue weighted by Crippen LogP contribution is -2.48. The molecule has 0 aromatic carbocycles. The third-order valence-electron chi connectivity index (χ3n) is 7.31. The number of carbonyl (C=O) groups is 1. The van der Waals surface area contributed by atoms with Gasteiger partial charge in [0.05, 0.1) is 16.3 Å². The van der Waals surface area contributed by atoms with E-state index >= 15 is 0 Å². The van der Waals surface area contributed by atoms with E-state index in [-0.39, 0.29) is 23.7 Å². The molecule has 9 heteroatoms. The van der Waals surface area contributed by atoms with Gasteiger partial charge in [0, 0.05) is 48.8 Å². The number of fused-ring (bicyclic) bond motifs is 5. The van der Waals surface area contributed by atoms with Gasteiger partial charge in [-0.1, -0.05) is 11.6 Å². The minimum atomic E-state index is -0.368. The molecule has 7 rings (SSSR count). The van der Waals surface area contributed by atoms with Crippen LogP contribution in [0.15, 0.2) is 30.9 Å². The number of nitrogens with zero attached hydrogens (tertiary/aromatic N) is 4. The van der Waals surface area contributed by atoms with Crippen LogP contribution in [0.25, 0.3) is 33.5 Å². The Morgan fingerprint density at radius 3 is 2.75 bits per heavy atom. The molecule has 1 amide bonds. The summed E-state index contributed by atoms with van der Waals surface area (Å²) >= 11 is 6.15. The van der Waals surface area contributed by atoms with Gasteiger partial charge in [0.25, 0.3) is 0 Å². The first-order valence-corrected chi connectivity index (χ1v) is 11.3. The molecule has 2 bridgehead atoms. The molecule has 2 N–H and O–H groups in total. The maximum absolute atomic E-state index is 15.0. The second-order valence-electron chi connectivity index (χ2n) is 8.87. The van der Waals surface area contributed by atoms with E-state index in [4.69, 9.17) is 16.6 Å². The molecule has 0 spiro atoms. The van der Waals surface area contributed by atoms with Crippen molar-refractivity contribution >= 4 is 39.6 Å². The van der Waals surface area contributed by atoms with Crippen LogP contribution in [0.5, 0.6) is 0 Å². The SMILES string of the molecule is CNC(=O)[C@@H]1C2CCC(CC2)[C@H]1n1cc(F)c2cnc(-c3c[nH]c4ncc(Cl)cc34)nc21. The topological polar surface area (TPSA) is 88.5 Å². The summed E-state index contributed by atoms with van der Waals surface area (Å²) in [5, 5.41) is 4.51. The Morgan fingerprint density at radius 2 is 1.97 bits per heavy atom. The summed E-state index contributed by atoms with van der Waals surface area (Å²) in [6.07, 6.45) is 10.6. The van der Waals surface area contributed by atoms with E-state index in [1.807, 2.05) is 10.6 Å². The molecule has 32 heavy (non-hydrogen) atoms. The molecule has 3 fully saturated rings. The zero-order chi connectivity index (χ0) is 22.0. The van der Waals surface area contributed by atoms with Gasteiger partial charge in [0.2, 0.25) is 5.91 Å². The summed E-state index contributed by atoms with van der Waals surface area (Å²) in [5.41, 5.74) is 1.94. The van der Waals surface area contributed by atoms with Gasteiger partial charge in [0.1, 0.15) is 11.3 Å². The van der Waals surface area contributed by atoms with Crippen LogP contribution in [0, 0.1) is 23.6 Å². The van der Waals surface area contributed by atoms with Gasteiger partial charge < -0.3 is 14.9 Å². The lowest BCUT2D eigenvalue weighted by molar-refractivity contribution is -0.133. The third kappa shape index (κ3) is 2.85. The predicted octanol–water partition coefficient (Wildman–Crippen LogP) is 4.49. The molecule has 3 aliphatic carbocycles. The Kier molecular flexibility index (Phi) is 4.47.